The van der Waals surface area contributed by atoms with Crippen LogP contribution in [0, 0.1) is 5.92 Å². The largest absolute Gasteiger partial charge is 0.349 e. The van der Waals surface area contributed by atoms with E-state index >= 15 is 0 Å². The Hall–Kier alpha value is -2.38. The highest BCUT2D eigenvalue weighted by Crippen LogP contribution is 2.03. The lowest BCUT2D eigenvalue weighted by Gasteiger charge is -2.13. The van der Waals surface area contributed by atoms with Crippen LogP contribution in [0.25, 0.3) is 0 Å². The van der Waals surface area contributed by atoms with Crippen LogP contribution in [-0.2, 0) is 26.7 Å². The molecule has 0 spiro atoms. The lowest BCUT2D eigenvalue weighted by molar-refractivity contribution is 0.503. The molecule has 2 aromatic heterocycles. The average Bonchev–Trinajstić information content (AvgIpc) is 3.08. The molecule has 0 saturated heterocycles. The fraction of sp³-hybridized carbons (Fsp3) is 0.571. The summed E-state index contributed by atoms with van der Waals surface area (Å²) < 4.78 is 3.89. The van der Waals surface area contributed by atoms with Crippen molar-refractivity contribution in [2.45, 2.75) is 33.5 Å². The van der Waals surface area contributed by atoms with Crippen molar-refractivity contribution >= 4 is 5.96 Å². The maximum absolute atomic E-state index is 4.39. The van der Waals surface area contributed by atoms with Gasteiger partial charge in [-0.15, -0.1) is 0 Å². The highest BCUT2D eigenvalue weighted by Gasteiger charge is 2.07. The summed E-state index contributed by atoms with van der Waals surface area (Å²) in [4.78, 5) is 12.8. The van der Waals surface area contributed by atoms with Gasteiger partial charge in [0.05, 0.1) is 13.1 Å². The summed E-state index contributed by atoms with van der Waals surface area (Å²) in [5.41, 5.74) is 0. The van der Waals surface area contributed by atoms with Gasteiger partial charge in [0.15, 0.2) is 5.96 Å². The second kappa shape index (κ2) is 7.58. The molecule has 0 unspecified atom stereocenters. The van der Waals surface area contributed by atoms with E-state index in [1.165, 1.54) is 6.33 Å². The van der Waals surface area contributed by atoms with Crippen molar-refractivity contribution in [3.63, 3.8) is 0 Å². The molecule has 0 bridgehead atoms. The molecular formula is C14H24N8. The van der Waals surface area contributed by atoms with Gasteiger partial charge in [-0.2, -0.15) is 5.10 Å². The summed E-state index contributed by atoms with van der Waals surface area (Å²) in [6, 6.07) is 0. The zero-order chi connectivity index (χ0) is 15.9. The van der Waals surface area contributed by atoms with E-state index in [0.29, 0.717) is 25.0 Å². The van der Waals surface area contributed by atoms with Gasteiger partial charge in [0.1, 0.15) is 18.0 Å². The molecule has 0 aromatic carbocycles. The molecule has 0 amide bonds. The number of guanidine groups is 1. The normalized spacial score (nSPS) is 12.0. The molecule has 8 nitrogen and oxygen atoms in total. The maximum atomic E-state index is 4.39. The Kier molecular flexibility index (Phi) is 5.51. The summed E-state index contributed by atoms with van der Waals surface area (Å²) in [7, 11) is 3.61. The monoisotopic (exact) mass is 304 g/mol. The van der Waals surface area contributed by atoms with Crippen LogP contribution in [-0.4, -0.2) is 37.3 Å². The first kappa shape index (κ1) is 16.0. The number of nitrogens with zero attached hydrogens (tertiary/aromatic N) is 6. The van der Waals surface area contributed by atoms with Crippen LogP contribution in [0.15, 0.2) is 23.7 Å². The van der Waals surface area contributed by atoms with Crippen LogP contribution in [0.4, 0.5) is 0 Å². The van der Waals surface area contributed by atoms with E-state index in [4.69, 9.17) is 0 Å². The third-order valence-corrected chi connectivity index (χ3v) is 3.22. The molecular weight excluding hydrogens is 280 g/mol. The first-order valence-electron chi connectivity index (χ1n) is 7.37. The number of hydrogen-bond acceptors (Lipinski definition) is 4. The van der Waals surface area contributed by atoms with Gasteiger partial charge < -0.3 is 15.2 Å². The molecule has 0 saturated carbocycles. The predicted octanol–water partition coefficient (Wildman–Crippen LogP) is 0.533. The Morgan fingerprint density at radius 2 is 1.95 bits per heavy atom. The number of rotatable bonds is 6. The van der Waals surface area contributed by atoms with E-state index in [0.717, 1.165) is 18.2 Å². The summed E-state index contributed by atoms with van der Waals surface area (Å²) in [5.74, 6) is 3.14. The molecule has 0 atom stereocenters. The van der Waals surface area contributed by atoms with Gasteiger partial charge in [0.25, 0.3) is 0 Å². The van der Waals surface area contributed by atoms with Crippen LogP contribution in [0.5, 0.6) is 0 Å². The maximum Gasteiger partial charge on any atom is 0.191 e. The number of aliphatic imine (C=N–C) groups is 1. The van der Waals surface area contributed by atoms with Crippen LogP contribution >= 0.6 is 0 Å². The van der Waals surface area contributed by atoms with Crippen LogP contribution in [0.3, 0.4) is 0 Å². The van der Waals surface area contributed by atoms with Crippen molar-refractivity contribution in [2.24, 2.45) is 18.0 Å². The molecule has 2 aromatic rings. The number of hydrogen-bond donors (Lipinski definition) is 2. The average molecular weight is 304 g/mol. The van der Waals surface area contributed by atoms with Crippen molar-refractivity contribution in [2.75, 3.05) is 7.05 Å². The van der Waals surface area contributed by atoms with Crippen LogP contribution in [0.2, 0.25) is 0 Å². The predicted molar refractivity (Wildman–Crippen MR) is 85.1 cm³/mol. The summed E-state index contributed by atoms with van der Waals surface area (Å²) in [6.07, 6.45) is 5.37. The van der Waals surface area contributed by atoms with E-state index in [1.54, 1.807) is 11.7 Å². The van der Waals surface area contributed by atoms with E-state index in [2.05, 4.69) is 49.1 Å². The quantitative estimate of drug-likeness (QED) is 0.601. The highest BCUT2D eigenvalue weighted by atomic mass is 15.3. The molecule has 2 N–H and O–H groups in total. The lowest BCUT2D eigenvalue weighted by Crippen LogP contribution is -2.37. The van der Waals surface area contributed by atoms with Gasteiger partial charge >= 0.3 is 0 Å². The molecule has 120 valence electrons. The minimum Gasteiger partial charge on any atom is -0.349 e. The molecule has 0 fully saturated rings. The molecule has 0 aliphatic heterocycles. The van der Waals surface area contributed by atoms with Gasteiger partial charge in [0, 0.05) is 33.0 Å². The Morgan fingerprint density at radius 1 is 1.23 bits per heavy atom. The molecule has 22 heavy (non-hydrogen) atoms. The Labute approximate surface area is 130 Å². The van der Waals surface area contributed by atoms with Crippen molar-refractivity contribution in [1.29, 1.82) is 0 Å². The van der Waals surface area contributed by atoms with E-state index in [-0.39, 0.29) is 0 Å². The topological polar surface area (TPSA) is 84.9 Å². The van der Waals surface area contributed by atoms with Gasteiger partial charge in [-0.25, -0.2) is 9.97 Å². The smallest absolute Gasteiger partial charge is 0.191 e. The molecule has 0 radical (unpaired) electrons. The van der Waals surface area contributed by atoms with E-state index < -0.39 is 0 Å². The lowest BCUT2D eigenvalue weighted by atomic mass is 10.2. The van der Waals surface area contributed by atoms with Gasteiger partial charge in [0.2, 0.25) is 0 Å². The molecule has 2 heterocycles. The summed E-state index contributed by atoms with van der Waals surface area (Å²) in [6.45, 7) is 6.54. The van der Waals surface area contributed by atoms with Crippen molar-refractivity contribution in [3.05, 3.63) is 30.4 Å². The first-order chi connectivity index (χ1) is 10.6. The van der Waals surface area contributed by atoms with Crippen molar-refractivity contribution < 1.29 is 0 Å². The minimum absolute atomic E-state index is 0.566. The third kappa shape index (κ3) is 4.31. The Bertz CT molecular complexity index is 610. The van der Waals surface area contributed by atoms with E-state index in [1.807, 2.05) is 19.4 Å². The van der Waals surface area contributed by atoms with Crippen LogP contribution < -0.4 is 10.6 Å². The van der Waals surface area contributed by atoms with Gasteiger partial charge in [-0.05, 0) is 5.92 Å². The van der Waals surface area contributed by atoms with Gasteiger partial charge in [-0.3, -0.25) is 9.67 Å². The van der Waals surface area contributed by atoms with Crippen LogP contribution in [0.1, 0.15) is 25.5 Å². The molecule has 0 aliphatic carbocycles. The fourth-order valence-electron chi connectivity index (χ4n) is 2.09. The Balaban J connectivity index is 1.86. The SMILES string of the molecule is CN=C(NCc1nccn1CC(C)C)NCc1ncnn1C. The first-order valence-corrected chi connectivity index (χ1v) is 7.37. The third-order valence-electron chi connectivity index (χ3n) is 3.22. The standard InChI is InChI=1S/C14H24N8/c1-11(2)9-22-6-5-16-13(22)8-18-14(15-3)17-7-12-19-10-20-21(12)4/h5-6,10-11H,7-9H2,1-4H3,(H2,15,17,18). The second-order valence-corrected chi connectivity index (χ2v) is 5.47. The highest BCUT2D eigenvalue weighted by molar-refractivity contribution is 5.79. The van der Waals surface area contributed by atoms with Gasteiger partial charge in [-0.1, -0.05) is 13.8 Å². The number of aromatic nitrogens is 5. The number of imidazole rings is 1. The molecule has 0 aliphatic rings. The second-order valence-electron chi connectivity index (χ2n) is 5.47. The van der Waals surface area contributed by atoms with Crippen molar-refractivity contribution in [1.82, 2.24) is 34.9 Å². The Morgan fingerprint density at radius 3 is 2.55 bits per heavy atom. The fourth-order valence-corrected chi connectivity index (χ4v) is 2.09. The minimum atomic E-state index is 0.566. The number of nitrogens with one attached hydrogen (secondary N) is 2. The molecule has 2 rings (SSSR count). The summed E-state index contributed by atoms with van der Waals surface area (Å²) in [5, 5.41) is 10.5. The van der Waals surface area contributed by atoms with Crippen molar-refractivity contribution in [3.8, 4) is 0 Å². The molecule has 8 heteroatoms. The number of aryl methyl sites for hydroxylation is 1. The zero-order valence-electron chi connectivity index (χ0n) is 13.6. The van der Waals surface area contributed by atoms with E-state index in [9.17, 15) is 0 Å². The summed E-state index contributed by atoms with van der Waals surface area (Å²) >= 11 is 0. The zero-order valence-corrected chi connectivity index (χ0v) is 13.6.